The molecule has 0 aromatic heterocycles. The predicted molar refractivity (Wildman–Crippen MR) is 66.6 cm³/mol. The van der Waals surface area contributed by atoms with Gasteiger partial charge in [-0.3, -0.25) is 0 Å². The molecule has 4 rings (SSSR count). The van der Waals surface area contributed by atoms with Gasteiger partial charge in [-0.25, -0.2) is 0 Å². The van der Waals surface area contributed by atoms with Crippen LogP contribution in [0.15, 0.2) is 24.3 Å². The quantitative estimate of drug-likeness (QED) is 0.630. The van der Waals surface area contributed by atoms with Gasteiger partial charge in [0.1, 0.15) is 0 Å². The lowest BCUT2D eigenvalue weighted by Crippen LogP contribution is -2.37. The van der Waals surface area contributed by atoms with Crippen LogP contribution in [0.25, 0.3) is 0 Å². The van der Waals surface area contributed by atoms with Gasteiger partial charge in [-0.15, -0.1) is 0 Å². The molecule has 0 radical (unpaired) electrons. The molecule has 2 atom stereocenters. The van der Waals surface area contributed by atoms with Crippen molar-refractivity contribution in [2.45, 2.75) is 34.3 Å². The Labute approximate surface area is 101 Å². The minimum Gasteiger partial charge on any atom is -0.0883 e. The molecule has 2 heteroatoms. The van der Waals surface area contributed by atoms with Crippen LogP contribution in [0.2, 0.25) is 0 Å². The van der Waals surface area contributed by atoms with E-state index in [9.17, 15) is 0 Å². The van der Waals surface area contributed by atoms with Crippen molar-refractivity contribution in [1.29, 1.82) is 0 Å². The summed E-state index contributed by atoms with van der Waals surface area (Å²) in [6, 6.07) is 8.95. The Bertz CT molecular complexity index is 349. The summed E-state index contributed by atoms with van der Waals surface area (Å²) in [6.45, 7) is 0. The maximum absolute atomic E-state index is 3.83. The normalized spacial score (nSPS) is 39.6. The van der Waals surface area contributed by atoms with Crippen LogP contribution < -0.4 is 0 Å². The highest BCUT2D eigenvalue weighted by atomic mass is 79.9. The van der Waals surface area contributed by atoms with Crippen molar-refractivity contribution in [3.8, 4) is 0 Å². The molecule has 0 N–H and O–H groups in total. The summed E-state index contributed by atoms with van der Waals surface area (Å²) in [5.74, 6) is 1.45. The molecule has 14 heavy (non-hydrogen) atoms. The molecule has 0 aliphatic heterocycles. The van der Waals surface area contributed by atoms with Gasteiger partial charge in [-0.05, 0) is 29.9 Å². The van der Waals surface area contributed by atoms with E-state index in [-0.39, 0.29) is 0 Å². The Balaban J connectivity index is 2.16. The molecule has 0 amide bonds. The van der Waals surface area contributed by atoms with Crippen molar-refractivity contribution >= 4 is 31.9 Å². The van der Waals surface area contributed by atoms with Crippen LogP contribution in [0.4, 0.5) is 0 Å². The predicted octanol–water partition coefficient (Wildman–Crippen LogP) is 4.19. The summed E-state index contributed by atoms with van der Waals surface area (Å²) >= 11 is 7.65. The molecular formula is C12H12Br2. The summed E-state index contributed by atoms with van der Waals surface area (Å²) in [7, 11) is 0. The zero-order valence-corrected chi connectivity index (χ0v) is 11.0. The second kappa shape index (κ2) is 3.34. The van der Waals surface area contributed by atoms with Gasteiger partial charge in [0.15, 0.2) is 0 Å². The lowest BCUT2D eigenvalue weighted by Gasteiger charge is -2.45. The number of alkyl halides is 2. The Hall–Kier alpha value is 0.180. The Morgan fingerprint density at radius 2 is 1.50 bits per heavy atom. The molecule has 1 saturated carbocycles. The number of halogens is 2. The maximum Gasteiger partial charge on any atom is 0.0231 e. The monoisotopic (exact) mass is 314 g/mol. The lowest BCUT2D eigenvalue weighted by molar-refractivity contribution is 0.388. The van der Waals surface area contributed by atoms with Crippen molar-refractivity contribution in [3.05, 3.63) is 35.4 Å². The van der Waals surface area contributed by atoms with Crippen molar-refractivity contribution in [1.82, 2.24) is 0 Å². The zero-order chi connectivity index (χ0) is 9.71. The highest BCUT2D eigenvalue weighted by molar-refractivity contribution is 9.10. The molecule has 3 aliphatic carbocycles. The molecule has 3 aliphatic rings. The van der Waals surface area contributed by atoms with Gasteiger partial charge in [0.25, 0.3) is 0 Å². The Kier molecular flexibility index (Phi) is 2.25. The fourth-order valence-electron chi connectivity index (χ4n) is 2.99. The number of fused-ring (bicyclic) bond motifs is 2. The van der Waals surface area contributed by atoms with E-state index in [0.29, 0.717) is 15.6 Å². The van der Waals surface area contributed by atoms with E-state index in [1.54, 1.807) is 11.1 Å². The molecular weight excluding hydrogens is 304 g/mol. The first-order chi connectivity index (χ1) is 6.77. The van der Waals surface area contributed by atoms with E-state index in [1.807, 2.05) is 0 Å². The van der Waals surface area contributed by atoms with Crippen molar-refractivity contribution in [3.63, 3.8) is 0 Å². The smallest absolute Gasteiger partial charge is 0.0231 e. The second-order valence-corrected chi connectivity index (χ2v) is 6.71. The van der Waals surface area contributed by atoms with Gasteiger partial charge in [-0.2, -0.15) is 0 Å². The van der Waals surface area contributed by atoms with Gasteiger partial charge in [0.05, 0.1) is 0 Å². The van der Waals surface area contributed by atoms with Crippen LogP contribution in [0.5, 0.6) is 0 Å². The number of benzene rings is 1. The molecule has 2 bridgehead atoms. The molecule has 0 spiro atoms. The van der Waals surface area contributed by atoms with Crippen LogP contribution in [-0.2, 0) is 0 Å². The summed E-state index contributed by atoms with van der Waals surface area (Å²) in [4.78, 5) is 1.33. The van der Waals surface area contributed by atoms with Gasteiger partial charge >= 0.3 is 0 Å². The molecule has 1 fully saturated rings. The fourth-order valence-corrected chi connectivity index (χ4v) is 5.61. The van der Waals surface area contributed by atoms with Crippen molar-refractivity contribution < 1.29 is 0 Å². The number of hydrogen-bond donors (Lipinski definition) is 0. The minimum absolute atomic E-state index is 0.667. The summed E-state index contributed by atoms with van der Waals surface area (Å²) < 4.78 is 0. The topological polar surface area (TPSA) is 0 Å². The summed E-state index contributed by atoms with van der Waals surface area (Å²) in [5, 5.41) is 0. The third-order valence-electron chi connectivity index (χ3n) is 3.59. The van der Waals surface area contributed by atoms with Crippen LogP contribution in [-0.4, -0.2) is 9.65 Å². The standard InChI is InChI=1S/C12H12Br2/c13-10-5-7-6-11(14)12(10)9-4-2-1-3-8(7)9/h1-4,7,10-12H,5-6H2/t7?,10-,11-,12?/m0/s1. The van der Waals surface area contributed by atoms with Crippen LogP contribution >= 0.6 is 31.9 Å². The number of rotatable bonds is 0. The number of hydrogen-bond acceptors (Lipinski definition) is 0. The van der Waals surface area contributed by atoms with Gasteiger partial charge < -0.3 is 0 Å². The molecule has 1 aromatic rings. The molecule has 0 heterocycles. The highest BCUT2D eigenvalue weighted by Crippen LogP contribution is 2.54. The lowest BCUT2D eigenvalue weighted by atomic mass is 9.67. The molecule has 0 saturated heterocycles. The summed E-state index contributed by atoms with van der Waals surface area (Å²) in [6.07, 6.45) is 2.62. The van der Waals surface area contributed by atoms with E-state index < -0.39 is 0 Å². The van der Waals surface area contributed by atoms with Crippen LogP contribution in [0, 0.1) is 0 Å². The summed E-state index contributed by atoms with van der Waals surface area (Å²) in [5.41, 5.74) is 3.17. The van der Waals surface area contributed by atoms with E-state index in [1.165, 1.54) is 12.8 Å². The average molecular weight is 316 g/mol. The molecule has 0 unspecified atom stereocenters. The van der Waals surface area contributed by atoms with E-state index in [4.69, 9.17) is 0 Å². The van der Waals surface area contributed by atoms with Crippen molar-refractivity contribution in [2.75, 3.05) is 0 Å². The van der Waals surface area contributed by atoms with Crippen molar-refractivity contribution in [2.24, 2.45) is 0 Å². The molecule has 0 nitrogen and oxygen atoms in total. The zero-order valence-electron chi connectivity index (χ0n) is 7.79. The van der Waals surface area contributed by atoms with Gasteiger partial charge in [-0.1, -0.05) is 56.1 Å². The molecule has 1 aromatic carbocycles. The van der Waals surface area contributed by atoms with Gasteiger partial charge in [0.2, 0.25) is 0 Å². The first kappa shape index (κ1) is 9.41. The average Bonchev–Trinajstić information content (AvgIpc) is 2.17. The minimum atomic E-state index is 0.667. The fraction of sp³-hybridized carbons (Fsp3) is 0.500. The first-order valence-electron chi connectivity index (χ1n) is 5.14. The van der Waals surface area contributed by atoms with E-state index >= 15 is 0 Å². The SMILES string of the molecule is Br[C@H]1CC2C[C@H](Br)C1c1ccccc12. The van der Waals surface area contributed by atoms with Crippen LogP contribution in [0.1, 0.15) is 35.8 Å². The Morgan fingerprint density at radius 3 is 2.14 bits per heavy atom. The van der Waals surface area contributed by atoms with Crippen LogP contribution in [0.3, 0.4) is 0 Å². The Morgan fingerprint density at radius 1 is 0.929 bits per heavy atom. The maximum atomic E-state index is 3.83. The van der Waals surface area contributed by atoms with E-state index in [0.717, 1.165) is 5.92 Å². The highest BCUT2D eigenvalue weighted by Gasteiger charge is 2.43. The third-order valence-corrected chi connectivity index (χ3v) is 5.48. The van der Waals surface area contributed by atoms with E-state index in [2.05, 4.69) is 56.1 Å². The third kappa shape index (κ3) is 1.23. The molecule has 74 valence electrons. The first-order valence-corrected chi connectivity index (χ1v) is 6.97. The second-order valence-electron chi connectivity index (χ2n) is 4.36. The van der Waals surface area contributed by atoms with Gasteiger partial charge in [0, 0.05) is 15.6 Å². The largest absolute Gasteiger partial charge is 0.0883 e.